The van der Waals surface area contributed by atoms with Crippen LogP contribution in [0.4, 0.5) is 0 Å². The minimum atomic E-state index is -3.89. The van der Waals surface area contributed by atoms with Crippen molar-refractivity contribution >= 4 is 10.0 Å². The molecule has 0 atom stereocenters. The Bertz CT molecular complexity index is 521. The van der Waals surface area contributed by atoms with Crippen molar-refractivity contribution in [1.29, 1.82) is 0 Å². The normalized spacial score (nSPS) is 17.6. The lowest BCUT2D eigenvalue weighted by Crippen LogP contribution is -2.22. The quantitative estimate of drug-likeness (QED) is 0.876. The van der Waals surface area contributed by atoms with Crippen molar-refractivity contribution in [2.75, 3.05) is 0 Å². The third kappa shape index (κ3) is 2.94. The van der Waals surface area contributed by atoms with Gasteiger partial charge in [-0.05, 0) is 37.8 Å². The molecule has 0 aromatic heterocycles. The lowest BCUT2D eigenvalue weighted by Gasteiger charge is -2.24. The second-order valence-electron chi connectivity index (χ2n) is 4.53. The van der Waals surface area contributed by atoms with E-state index in [2.05, 4.69) is 0 Å². The van der Waals surface area contributed by atoms with Crippen LogP contribution >= 0.6 is 0 Å². The SMILES string of the molecule is NS(=O)(=O)c1cccc(O)c1OC1CCCCC1. The van der Waals surface area contributed by atoms with E-state index in [0.717, 1.165) is 25.7 Å². The maximum Gasteiger partial charge on any atom is 0.241 e. The molecule has 0 amide bonds. The average molecular weight is 271 g/mol. The van der Waals surface area contributed by atoms with Crippen molar-refractivity contribution in [2.45, 2.75) is 43.1 Å². The molecule has 0 saturated heterocycles. The predicted molar refractivity (Wildman–Crippen MR) is 67.0 cm³/mol. The highest BCUT2D eigenvalue weighted by molar-refractivity contribution is 7.89. The third-order valence-electron chi connectivity index (χ3n) is 3.10. The topological polar surface area (TPSA) is 89.6 Å². The van der Waals surface area contributed by atoms with Crippen LogP contribution < -0.4 is 9.88 Å². The molecule has 6 heteroatoms. The number of para-hydroxylation sites is 1. The van der Waals surface area contributed by atoms with Gasteiger partial charge in [-0.3, -0.25) is 0 Å². The Hall–Kier alpha value is -1.27. The van der Waals surface area contributed by atoms with E-state index in [0.29, 0.717) is 0 Å². The van der Waals surface area contributed by atoms with Gasteiger partial charge < -0.3 is 9.84 Å². The summed E-state index contributed by atoms with van der Waals surface area (Å²) in [4.78, 5) is -0.159. The Labute approximate surface area is 107 Å². The molecule has 0 unspecified atom stereocenters. The standard InChI is InChI=1S/C12H17NO4S/c13-18(15,16)11-8-4-7-10(14)12(11)17-9-5-2-1-3-6-9/h4,7-9,14H,1-3,5-6H2,(H2,13,15,16). The summed E-state index contributed by atoms with van der Waals surface area (Å²) in [7, 11) is -3.89. The van der Waals surface area contributed by atoms with Gasteiger partial charge >= 0.3 is 0 Å². The molecule has 1 aromatic carbocycles. The molecule has 1 aromatic rings. The molecule has 1 aliphatic carbocycles. The summed E-state index contributed by atoms with van der Waals surface area (Å²) in [5.41, 5.74) is 0. The first-order chi connectivity index (χ1) is 8.48. The van der Waals surface area contributed by atoms with Crippen molar-refractivity contribution in [3.8, 4) is 11.5 Å². The zero-order valence-corrected chi connectivity index (χ0v) is 10.8. The van der Waals surface area contributed by atoms with E-state index in [1.807, 2.05) is 0 Å². The van der Waals surface area contributed by atoms with Crippen LogP contribution in [0.1, 0.15) is 32.1 Å². The van der Waals surface area contributed by atoms with Gasteiger partial charge in [0.2, 0.25) is 10.0 Å². The van der Waals surface area contributed by atoms with Gasteiger partial charge in [-0.1, -0.05) is 12.5 Å². The van der Waals surface area contributed by atoms with Crippen LogP contribution in [0.2, 0.25) is 0 Å². The second-order valence-corrected chi connectivity index (χ2v) is 6.06. The number of rotatable bonds is 3. The molecule has 1 saturated carbocycles. The Balaban J connectivity index is 2.31. The van der Waals surface area contributed by atoms with Crippen molar-refractivity contribution < 1.29 is 18.3 Å². The van der Waals surface area contributed by atoms with Crippen molar-refractivity contribution in [1.82, 2.24) is 0 Å². The van der Waals surface area contributed by atoms with Crippen LogP contribution in [0.5, 0.6) is 11.5 Å². The monoisotopic (exact) mass is 271 g/mol. The minimum absolute atomic E-state index is 0.0214. The van der Waals surface area contributed by atoms with Gasteiger partial charge in [0, 0.05) is 0 Å². The van der Waals surface area contributed by atoms with Crippen LogP contribution in [0, 0.1) is 0 Å². The number of sulfonamides is 1. The lowest BCUT2D eigenvalue weighted by molar-refractivity contribution is 0.145. The van der Waals surface area contributed by atoms with Gasteiger partial charge in [0.05, 0.1) is 6.10 Å². The molecule has 0 heterocycles. The number of phenolic OH excluding ortho intramolecular Hbond substituents is 1. The van der Waals surface area contributed by atoms with E-state index in [9.17, 15) is 13.5 Å². The fourth-order valence-corrected chi connectivity index (χ4v) is 2.88. The van der Waals surface area contributed by atoms with Crippen LogP contribution in [0.15, 0.2) is 23.1 Å². The zero-order chi connectivity index (χ0) is 13.2. The molecule has 0 spiro atoms. The summed E-state index contributed by atoms with van der Waals surface area (Å²) in [5, 5.41) is 14.9. The Kier molecular flexibility index (Phi) is 3.77. The summed E-state index contributed by atoms with van der Waals surface area (Å²) in [5.74, 6) is -0.209. The Morgan fingerprint density at radius 1 is 1.22 bits per heavy atom. The highest BCUT2D eigenvalue weighted by Crippen LogP contribution is 2.35. The minimum Gasteiger partial charge on any atom is -0.504 e. The molecule has 2 rings (SSSR count). The van der Waals surface area contributed by atoms with E-state index in [1.54, 1.807) is 0 Å². The molecule has 5 nitrogen and oxygen atoms in total. The average Bonchev–Trinajstić information content (AvgIpc) is 2.32. The van der Waals surface area contributed by atoms with E-state index in [4.69, 9.17) is 9.88 Å². The van der Waals surface area contributed by atoms with Gasteiger partial charge in [0.15, 0.2) is 11.5 Å². The molecule has 100 valence electrons. The number of hydrogen-bond acceptors (Lipinski definition) is 4. The number of primary sulfonamides is 1. The third-order valence-corrected chi connectivity index (χ3v) is 4.04. The summed E-state index contributed by atoms with van der Waals surface area (Å²) in [6.45, 7) is 0. The molecular formula is C12H17NO4S. The first-order valence-electron chi connectivity index (χ1n) is 6.00. The fraction of sp³-hybridized carbons (Fsp3) is 0.500. The molecule has 1 aliphatic rings. The largest absolute Gasteiger partial charge is 0.504 e. The van der Waals surface area contributed by atoms with Crippen LogP contribution in [-0.2, 0) is 10.0 Å². The Morgan fingerprint density at radius 3 is 2.50 bits per heavy atom. The number of aromatic hydroxyl groups is 1. The number of ether oxygens (including phenoxy) is 1. The number of hydrogen-bond donors (Lipinski definition) is 2. The van der Waals surface area contributed by atoms with E-state index in [-0.39, 0.29) is 22.5 Å². The summed E-state index contributed by atoms with van der Waals surface area (Å²) >= 11 is 0. The summed E-state index contributed by atoms with van der Waals surface area (Å²) in [6, 6.07) is 4.17. The first-order valence-corrected chi connectivity index (χ1v) is 7.54. The molecule has 0 bridgehead atoms. The smallest absolute Gasteiger partial charge is 0.241 e. The molecule has 3 N–H and O–H groups in total. The van der Waals surface area contributed by atoms with E-state index >= 15 is 0 Å². The lowest BCUT2D eigenvalue weighted by atomic mass is 9.98. The number of benzene rings is 1. The van der Waals surface area contributed by atoms with Crippen LogP contribution in [-0.4, -0.2) is 19.6 Å². The van der Waals surface area contributed by atoms with Gasteiger partial charge in [-0.2, -0.15) is 0 Å². The Morgan fingerprint density at radius 2 is 1.89 bits per heavy atom. The van der Waals surface area contributed by atoms with Gasteiger partial charge in [-0.25, -0.2) is 13.6 Å². The van der Waals surface area contributed by atoms with Crippen molar-refractivity contribution in [3.63, 3.8) is 0 Å². The molecule has 0 radical (unpaired) electrons. The van der Waals surface area contributed by atoms with Gasteiger partial charge in [-0.15, -0.1) is 0 Å². The summed E-state index contributed by atoms with van der Waals surface area (Å²) < 4.78 is 28.5. The molecule has 1 fully saturated rings. The molecule has 18 heavy (non-hydrogen) atoms. The zero-order valence-electron chi connectivity index (χ0n) is 10.0. The maximum absolute atomic E-state index is 11.4. The summed E-state index contributed by atoms with van der Waals surface area (Å²) in [6.07, 6.45) is 4.98. The second kappa shape index (κ2) is 5.16. The molecular weight excluding hydrogens is 254 g/mol. The number of phenols is 1. The highest BCUT2D eigenvalue weighted by atomic mass is 32.2. The van der Waals surface area contributed by atoms with Crippen molar-refractivity contribution in [3.05, 3.63) is 18.2 Å². The maximum atomic E-state index is 11.4. The highest BCUT2D eigenvalue weighted by Gasteiger charge is 2.23. The van der Waals surface area contributed by atoms with Crippen molar-refractivity contribution in [2.24, 2.45) is 5.14 Å². The fourth-order valence-electron chi connectivity index (χ4n) is 2.20. The van der Waals surface area contributed by atoms with Gasteiger partial charge in [0.1, 0.15) is 4.90 Å². The first kappa shape index (κ1) is 13.2. The van der Waals surface area contributed by atoms with Crippen LogP contribution in [0.25, 0.3) is 0 Å². The number of nitrogens with two attached hydrogens (primary N) is 1. The van der Waals surface area contributed by atoms with E-state index < -0.39 is 10.0 Å². The predicted octanol–water partition coefficient (Wildman–Crippen LogP) is 1.75. The van der Waals surface area contributed by atoms with Gasteiger partial charge in [0.25, 0.3) is 0 Å². The molecule has 0 aliphatic heterocycles. The van der Waals surface area contributed by atoms with Crippen LogP contribution in [0.3, 0.4) is 0 Å². The van der Waals surface area contributed by atoms with E-state index in [1.165, 1.54) is 24.6 Å².